The normalized spacial score (nSPS) is 9.93. The summed E-state index contributed by atoms with van der Waals surface area (Å²) >= 11 is 0. The summed E-state index contributed by atoms with van der Waals surface area (Å²) in [6.07, 6.45) is 1.53. The average molecular weight is 205 g/mol. The van der Waals surface area contributed by atoms with Crippen molar-refractivity contribution in [3.63, 3.8) is 0 Å². The third-order valence-electron chi connectivity index (χ3n) is 1.73. The van der Waals surface area contributed by atoms with E-state index >= 15 is 0 Å². The predicted molar refractivity (Wildman–Crippen MR) is 52.9 cm³/mol. The Balaban J connectivity index is 2.25. The van der Waals surface area contributed by atoms with Gasteiger partial charge in [-0.3, -0.25) is 0 Å². The molecule has 0 aliphatic rings. The van der Waals surface area contributed by atoms with Crippen molar-refractivity contribution in [3.8, 4) is 11.6 Å². The van der Waals surface area contributed by atoms with E-state index in [4.69, 9.17) is 10.5 Å². The second kappa shape index (κ2) is 3.91. The van der Waals surface area contributed by atoms with Crippen molar-refractivity contribution in [3.05, 3.63) is 42.3 Å². The van der Waals surface area contributed by atoms with Gasteiger partial charge in [-0.2, -0.15) is 5.10 Å². The first-order chi connectivity index (χ1) is 7.25. The van der Waals surface area contributed by atoms with Crippen LogP contribution in [-0.4, -0.2) is 10.2 Å². The van der Waals surface area contributed by atoms with Crippen molar-refractivity contribution in [2.45, 2.75) is 0 Å². The Morgan fingerprint density at radius 1 is 1.27 bits per heavy atom. The first-order valence-electron chi connectivity index (χ1n) is 4.26. The van der Waals surface area contributed by atoms with Gasteiger partial charge >= 0.3 is 0 Å². The Kier molecular flexibility index (Phi) is 2.45. The van der Waals surface area contributed by atoms with Crippen molar-refractivity contribution in [1.82, 2.24) is 10.2 Å². The monoisotopic (exact) mass is 205 g/mol. The van der Waals surface area contributed by atoms with E-state index in [9.17, 15) is 4.39 Å². The third kappa shape index (κ3) is 2.19. The molecule has 15 heavy (non-hydrogen) atoms. The van der Waals surface area contributed by atoms with Gasteiger partial charge in [0, 0.05) is 18.3 Å². The van der Waals surface area contributed by atoms with Gasteiger partial charge < -0.3 is 10.5 Å². The van der Waals surface area contributed by atoms with Crippen LogP contribution >= 0.6 is 0 Å². The lowest BCUT2D eigenvalue weighted by Gasteiger charge is -2.06. The van der Waals surface area contributed by atoms with E-state index in [0.717, 1.165) is 0 Å². The van der Waals surface area contributed by atoms with Gasteiger partial charge in [0.1, 0.15) is 5.82 Å². The molecule has 2 rings (SSSR count). The molecule has 0 atom stereocenters. The molecule has 0 saturated carbocycles. The van der Waals surface area contributed by atoms with Crippen LogP contribution in [0.25, 0.3) is 0 Å². The van der Waals surface area contributed by atoms with Gasteiger partial charge in [0.05, 0.1) is 5.69 Å². The molecule has 4 nitrogen and oxygen atoms in total. The highest BCUT2D eigenvalue weighted by atomic mass is 19.1. The molecule has 2 N–H and O–H groups in total. The lowest BCUT2D eigenvalue weighted by molar-refractivity contribution is 0.456. The second-order valence-corrected chi connectivity index (χ2v) is 2.85. The van der Waals surface area contributed by atoms with Gasteiger partial charge in [-0.1, -0.05) is 0 Å². The van der Waals surface area contributed by atoms with Crippen molar-refractivity contribution in [2.75, 3.05) is 5.73 Å². The quantitative estimate of drug-likeness (QED) is 0.761. The van der Waals surface area contributed by atoms with Crippen LogP contribution in [0.3, 0.4) is 0 Å². The maximum absolute atomic E-state index is 12.7. The molecule has 1 heterocycles. The fourth-order valence-electron chi connectivity index (χ4n) is 1.07. The largest absolute Gasteiger partial charge is 0.435 e. The van der Waals surface area contributed by atoms with Crippen molar-refractivity contribution >= 4 is 5.69 Å². The second-order valence-electron chi connectivity index (χ2n) is 2.85. The minimum absolute atomic E-state index is 0.223. The van der Waals surface area contributed by atoms with Crippen LogP contribution < -0.4 is 10.5 Å². The molecular weight excluding hydrogens is 197 g/mol. The first-order valence-corrected chi connectivity index (χ1v) is 4.26. The number of benzene rings is 1. The van der Waals surface area contributed by atoms with Gasteiger partial charge in [-0.05, 0) is 18.2 Å². The molecule has 0 bridgehead atoms. The molecule has 5 heteroatoms. The zero-order chi connectivity index (χ0) is 10.7. The highest BCUT2D eigenvalue weighted by molar-refractivity contribution is 5.53. The van der Waals surface area contributed by atoms with Gasteiger partial charge in [-0.15, -0.1) is 5.10 Å². The molecule has 0 aliphatic carbocycles. The molecule has 0 amide bonds. The number of halogens is 1. The highest BCUT2D eigenvalue weighted by Crippen LogP contribution is 2.25. The highest BCUT2D eigenvalue weighted by Gasteiger charge is 2.03. The molecular formula is C10H8FN3O. The minimum atomic E-state index is -0.404. The molecule has 76 valence electrons. The van der Waals surface area contributed by atoms with Crippen LogP contribution in [-0.2, 0) is 0 Å². The summed E-state index contributed by atoms with van der Waals surface area (Å²) in [5, 5.41) is 7.35. The molecule has 0 spiro atoms. The Morgan fingerprint density at radius 2 is 2.13 bits per heavy atom. The van der Waals surface area contributed by atoms with E-state index < -0.39 is 5.82 Å². The lowest BCUT2D eigenvalue weighted by Crippen LogP contribution is -1.94. The summed E-state index contributed by atoms with van der Waals surface area (Å²) in [5.41, 5.74) is 5.78. The number of nitrogens with zero attached hydrogens (tertiary/aromatic N) is 2. The molecule has 0 unspecified atom stereocenters. The molecule has 1 aromatic carbocycles. The van der Waals surface area contributed by atoms with Crippen LogP contribution in [0.1, 0.15) is 0 Å². The standard InChI is InChI=1S/C10H8FN3O/c11-7-3-4-9(8(12)6-7)15-10-2-1-5-13-14-10/h1-6H,12H2. The molecule has 0 saturated heterocycles. The fraction of sp³-hybridized carbons (Fsp3) is 0. The molecule has 0 fully saturated rings. The number of hydrogen-bond acceptors (Lipinski definition) is 4. The number of aromatic nitrogens is 2. The Labute approximate surface area is 85.5 Å². The lowest BCUT2D eigenvalue weighted by atomic mass is 10.3. The molecule has 2 aromatic rings. The summed E-state index contributed by atoms with van der Waals surface area (Å²) in [6, 6.07) is 7.21. The van der Waals surface area contributed by atoms with E-state index in [0.29, 0.717) is 11.6 Å². The van der Waals surface area contributed by atoms with Crippen LogP contribution in [0, 0.1) is 5.82 Å². The summed E-state index contributed by atoms with van der Waals surface area (Å²) in [5.74, 6) is 0.270. The molecule has 1 aromatic heterocycles. The maximum Gasteiger partial charge on any atom is 0.238 e. The predicted octanol–water partition coefficient (Wildman–Crippen LogP) is 1.99. The first kappa shape index (κ1) is 9.39. The number of nitrogens with two attached hydrogens (primary N) is 1. The van der Waals surface area contributed by atoms with E-state index in [2.05, 4.69) is 10.2 Å². The summed E-state index contributed by atoms with van der Waals surface area (Å²) < 4.78 is 18.0. The third-order valence-corrected chi connectivity index (χ3v) is 1.73. The van der Waals surface area contributed by atoms with E-state index in [1.165, 1.54) is 24.4 Å². The summed E-state index contributed by atoms with van der Waals surface area (Å²) in [7, 11) is 0. The Bertz CT molecular complexity index is 461. The van der Waals surface area contributed by atoms with Crippen molar-refractivity contribution in [2.24, 2.45) is 0 Å². The summed E-state index contributed by atoms with van der Waals surface area (Å²) in [4.78, 5) is 0. The van der Waals surface area contributed by atoms with Gasteiger partial charge in [0.25, 0.3) is 0 Å². The van der Waals surface area contributed by atoms with Crippen LogP contribution in [0.5, 0.6) is 11.6 Å². The number of ether oxygens (including phenoxy) is 1. The fourth-order valence-corrected chi connectivity index (χ4v) is 1.07. The van der Waals surface area contributed by atoms with Crippen molar-refractivity contribution < 1.29 is 9.13 Å². The van der Waals surface area contributed by atoms with Gasteiger partial charge in [0.2, 0.25) is 5.88 Å². The number of hydrogen-bond donors (Lipinski definition) is 1. The van der Waals surface area contributed by atoms with Gasteiger partial charge in [-0.25, -0.2) is 4.39 Å². The van der Waals surface area contributed by atoms with E-state index in [-0.39, 0.29) is 5.69 Å². The number of nitrogen functional groups attached to an aromatic ring is 1. The number of anilines is 1. The summed E-state index contributed by atoms with van der Waals surface area (Å²) in [6.45, 7) is 0. The van der Waals surface area contributed by atoms with E-state index in [1.807, 2.05) is 0 Å². The zero-order valence-corrected chi connectivity index (χ0v) is 7.72. The van der Waals surface area contributed by atoms with E-state index in [1.54, 1.807) is 12.1 Å². The average Bonchev–Trinajstić information content (AvgIpc) is 2.24. The zero-order valence-electron chi connectivity index (χ0n) is 7.72. The van der Waals surface area contributed by atoms with Crippen LogP contribution in [0.15, 0.2) is 36.5 Å². The topological polar surface area (TPSA) is 61.0 Å². The smallest absolute Gasteiger partial charge is 0.238 e. The Hall–Kier alpha value is -2.17. The van der Waals surface area contributed by atoms with Crippen molar-refractivity contribution in [1.29, 1.82) is 0 Å². The SMILES string of the molecule is Nc1cc(F)ccc1Oc1cccnn1. The Morgan fingerprint density at radius 3 is 2.80 bits per heavy atom. The maximum atomic E-state index is 12.7. The van der Waals surface area contributed by atoms with Crippen LogP contribution in [0.2, 0.25) is 0 Å². The molecule has 0 radical (unpaired) electrons. The molecule has 0 aliphatic heterocycles. The van der Waals surface area contributed by atoms with Gasteiger partial charge in [0.15, 0.2) is 5.75 Å². The van der Waals surface area contributed by atoms with Crippen LogP contribution in [0.4, 0.5) is 10.1 Å². The number of rotatable bonds is 2. The minimum Gasteiger partial charge on any atom is -0.435 e.